The van der Waals surface area contributed by atoms with Crippen molar-refractivity contribution in [3.8, 4) is 11.3 Å². The molecule has 0 atom stereocenters. The standard InChI is InChI=1S/C16H18BrN5O2S.C15H25BN2O4.C7H5BrIN3S/c1-16(2,3)24-13(23)9-21-7-10(5-19-21)11-6-18-14-15(25-4)20-12(17)8-22(11)14;1-13(2,3)20-12(19)10-18-9-11(8-17-18)16-21-14(4,5)15(6,7)22-16;1-13-7-6-10-2-5(9)12(6)3-4(8)11-7/h5-8H,9H2,1-4H3;8-9H,10H2,1-7H3;2-3H,1H3. The van der Waals surface area contributed by atoms with Crippen LogP contribution in [0, 0.1) is 3.70 Å². The Labute approximate surface area is 388 Å². The first-order valence-corrected chi connectivity index (χ1v) is 23.6. The van der Waals surface area contributed by atoms with E-state index in [0.717, 1.165) is 51.0 Å². The maximum Gasteiger partial charge on any atom is 0.498 e. The molecule has 60 heavy (non-hydrogen) atoms. The summed E-state index contributed by atoms with van der Waals surface area (Å²) >= 11 is 12.2. The molecule has 6 aromatic heterocycles. The summed E-state index contributed by atoms with van der Waals surface area (Å²) in [4.78, 5) is 41.2. The van der Waals surface area contributed by atoms with E-state index in [9.17, 15) is 9.59 Å². The Morgan fingerprint density at radius 1 is 0.733 bits per heavy atom. The van der Waals surface area contributed by atoms with Crippen LogP contribution in [0.25, 0.3) is 22.6 Å². The molecule has 0 unspecified atom stereocenters. The molecule has 0 radical (unpaired) electrons. The summed E-state index contributed by atoms with van der Waals surface area (Å²) in [5.74, 6) is -0.645. The number of carbonyl (C=O) groups excluding carboxylic acids is 2. The fourth-order valence-corrected chi connectivity index (χ4v) is 8.04. The van der Waals surface area contributed by atoms with Crippen LogP contribution in [-0.2, 0) is 41.5 Å². The van der Waals surface area contributed by atoms with E-state index in [2.05, 4.69) is 84.6 Å². The summed E-state index contributed by atoms with van der Waals surface area (Å²) in [6, 6.07) is 0. The number of esters is 2. The number of rotatable bonds is 8. The van der Waals surface area contributed by atoms with Gasteiger partial charge in [-0.15, -0.1) is 23.5 Å². The van der Waals surface area contributed by atoms with Crippen LogP contribution in [0.5, 0.6) is 0 Å². The Hall–Kier alpha value is -3.03. The number of hydrogen-bond donors (Lipinski definition) is 0. The van der Waals surface area contributed by atoms with Crippen LogP contribution in [-0.4, -0.2) is 102 Å². The third-order valence-corrected chi connectivity index (χ3v) is 11.6. The molecule has 0 N–H and O–H groups in total. The average Bonchev–Trinajstić information content (AvgIpc) is 3.96. The number of halogens is 3. The molecule has 0 amide bonds. The number of imidazole rings is 2. The molecule has 0 aromatic carbocycles. The normalized spacial score (nSPS) is 14.8. The first kappa shape index (κ1) is 48.0. The van der Waals surface area contributed by atoms with E-state index in [1.807, 2.05) is 109 Å². The fourth-order valence-electron chi connectivity index (χ4n) is 5.48. The van der Waals surface area contributed by atoms with Crippen LogP contribution in [0.2, 0.25) is 0 Å². The maximum absolute atomic E-state index is 11.9. The molecule has 1 aliphatic heterocycles. The van der Waals surface area contributed by atoms with Crippen molar-refractivity contribution >= 4 is 114 Å². The van der Waals surface area contributed by atoms with Crippen LogP contribution >= 0.6 is 78.0 Å². The second-order valence-electron chi connectivity index (χ2n) is 16.4. The van der Waals surface area contributed by atoms with E-state index < -0.39 is 29.5 Å². The van der Waals surface area contributed by atoms with Gasteiger partial charge in [-0.1, -0.05) is 0 Å². The number of ether oxygens (including phenoxy) is 2. The number of carbonyl (C=O) groups is 2. The van der Waals surface area contributed by atoms with Crippen LogP contribution in [0.1, 0.15) is 69.2 Å². The highest BCUT2D eigenvalue weighted by molar-refractivity contribution is 14.1. The molecule has 7 heterocycles. The molecule has 322 valence electrons. The maximum atomic E-state index is 11.9. The first-order valence-electron chi connectivity index (χ1n) is 18.5. The molecule has 16 nitrogen and oxygen atoms in total. The van der Waals surface area contributed by atoms with Gasteiger partial charge in [-0.05, 0) is 136 Å². The number of aromatic nitrogens is 10. The van der Waals surface area contributed by atoms with Gasteiger partial charge < -0.3 is 18.8 Å². The summed E-state index contributed by atoms with van der Waals surface area (Å²) in [6.45, 7) is 19.2. The van der Waals surface area contributed by atoms with Crippen LogP contribution in [0.15, 0.2) is 68.8 Å². The number of fused-ring (bicyclic) bond motifs is 2. The molecule has 0 saturated carbocycles. The summed E-state index contributed by atoms with van der Waals surface area (Å²) in [6.07, 6.45) is 18.3. The number of thioether (sulfide) groups is 2. The highest BCUT2D eigenvalue weighted by Gasteiger charge is 2.52. The largest absolute Gasteiger partial charge is 0.498 e. The van der Waals surface area contributed by atoms with Crippen molar-refractivity contribution in [3.05, 3.63) is 62.5 Å². The SMILES string of the molecule is CC(C)(C)OC(=O)Cn1cc(B2OC(C)(C)C(C)(C)O2)cn1.CSc1nc(Br)cn2c(-c3cnn(CC(=O)OC(C)(C)C)c3)cnc12.CSc1nc(Br)cn2c(I)cnc12. The lowest BCUT2D eigenvalue weighted by atomic mass is 9.82. The Bertz CT molecular complexity index is 2460. The fraction of sp³-hybridized carbons (Fsp3) is 0.474. The third-order valence-electron chi connectivity index (χ3n) is 8.74. The van der Waals surface area contributed by atoms with Crippen LogP contribution in [0.4, 0.5) is 0 Å². The van der Waals surface area contributed by atoms with E-state index in [1.54, 1.807) is 47.4 Å². The lowest BCUT2D eigenvalue weighted by Crippen LogP contribution is -2.41. The predicted octanol–water partition coefficient (Wildman–Crippen LogP) is 7.76. The Morgan fingerprint density at radius 2 is 1.20 bits per heavy atom. The Balaban J connectivity index is 0.000000179. The molecule has 22 heteroatoms. The highest BCUT2D eigenvalue weighted by atomic mass is 127. The van der Waals surface area contributed by atoms with Gasteiger partial charge in [-0.25, -0.2) is 19.9 Å². The lowest BCUT2D eigenvalue weighted by molar-refractivity contribution is -0.156. The van der Waals surface area contributed by atoms with Crippen LogP contribution < -0.4 is 5.46 Å². The van der Waals surface area contributed by atoms with Gasteiger partial charge in [-0.2, -0.15) is 10.2 Å². The van der Waals surface area contributed by atoms with Gasteiger partial charge >= 0.3 is 19.1 Å². The zero-order valence-corrected chi connectivity index (χ0v) is 42.4. The molecule has 0 spiro atoms. The minimum atomic E-state index is -0.512. The number of hydrogen-bond acceptors (Lipinski definition) is 14. The molecule has 7 rings (SSSR count). The first-order chi connectivity index (χ1) is 27.9. The van der Waals surface area contributed by atoms with Crippen molar-refractivity contribution in [1.29, 1.82) is 0 Å². The minimum absolute atomic E-state index is 0.0648. The smallest absolute Gasteiger partial charge is 0.459 e. The molecular formula is C38H48BBr2IN10O6S2. The van der Waals surface area contributed by atoms with Gasteiger partial charge in [0.25, 0.3) is 0 Å². The topological polar surface area (TPSA) is 167 Å². The molecule has 1 fully saturated rings. The lowest BCUT2D eigenvalue weighted by Gasteiger charge is -2.32. The quantitative estimate of drug-likeness (QED) is 0.0628. The van der Waals surface area contributed by atoms with E-state index in [-0.39, 0.29) is 25.0 Å². The average molecular weight is 1100 g/mol. The van der Waals surface area contributed by atoms with E-state index in [1.165, 1.54) is 16.4 Å². The summed E-state index contributed by atoms with van der Waals surface area (Å²) in [5, 5.41) is 10.2. The van der Waals surface area contributed by atoms with Crippen molar-refractivity contribution in [2.45, 2.75) is 115 Å². The molecule has 0 bridgehead atoms. The summed E-state index contributed by atoms with van der Waals surface area (Å²) < 4.78 is 32.2. The molecule has 6 aromatic rings. The van der Waals surface area contributed by atoms with Crippen LogP contribution in [0.3, 0.4) is 0 Å². The second kappa shape index (κ2) is 19.2. The van der Waals surface area contributed by atoms with Gasteiger partial charge in [0.15, 0.2) is 11.3 Å². The Kier molecular flexibility index (Phi) is 15.3. The molecular weight excluding hydrogens is 1050 g/mol. The van der Waals surface area contributed by atoms with Gasteiger partial charge in [-0.3, -0.25) is 27.8 Å². The predicted molar refractivity (Wildman–Crippen MR) is 249 cm³/mol. The zero-order valence-electron chi connectivity index (χ0n) is 35.5. The van der Waals surface area contributed by atoms with E-state index in [0.29, 0.717) is 0 Å². The van der Waals surface area contributed by atoms with Gasteiger partial charge in [0.1, 0.15) is 47.3 Å². The molecule has 1 saturated heterocycles. The summed E-state index contributed by atoms with van der Waals surface area (Å²) in [5.41, 5.74) is 2.43. The third kappa shape index (κ3) is 12.3. The van der Waals surface area contributed by atoms with Crippen molar-refractivity contribution in [2.24, 2.45) is 0 Å². The van der Waals surface area contributed by atoms with Crippen molar-refractivity contribution in [2.75, 3.05) is 12.5 Å². The summed E-state index contributed by atoms with van der Waals surface area (Å²) in [7, 11) is -0.475. The number of nitrogens with zero attached hydrogens (tertiary/aromatic N) is 10. The zero-order chi connectivity index (χ0) is 44.4. The highest BCUT2D eigenvalue weighted by Crippen LogP contribution is 2.36. The van der Waals surface area contributed by atoms with Gasteiger partial charge in [0.05, 0.1) is 35.5 Å². The second-order valence-corrected chi connectivity index (χ2v) is 20.7. The monoisotopic (exact) mass is 1100 g/mol. The molecule has 1 aliphatic rings. The molecule has 0 aliphatic carbocycles. The minimum Gasteiger partial charge on any atom is -0.459 e. The van der Waals surface area contributed by atoms with E-state index in [4.69, 9.17) is 18.8 Å². The van der Waals surface area contributed by atoms with Crippen molar-refractivity contribution in [1.82, 2.24) is 48.3 Å². The van der Waals surface area contributed by atoms with Crippen molar-refractivity contribution < 1.29 is 28.4 Å². The van der Waals surface area contributed by atoms with Gasteiger partial charge in [0.2, 0.25) is 0 Å². The van der Waals surface area contributed by atoms with Gasteiger partial charge in [0, 0.05) is 42.0 Å². The van der Waals surface area contributed by atoms with E-state index >= 15 is 0 Å². The Morgan fingerprint density at radius 3 is 1.72 bits per heavy atom. The van der Waals surface area contributed by atoms with Crippen molar-refractivity contribution in [3.63, 3.8) is 0 Å².